The van der Waals surface area contributed by atoms with E-state index in [-0.39, 0.29) is 30.8 Å². The van der Waals surface area contributed by atoms with Crippen molar-refractivity contribution in [3.05, 3.63) is 180 Å². The molecule has 1 saturated heterocycles. The van der Waals surface area contributed by atoms with E-state index in [4.69, 9.17) is 14.2 Å². The maximum atomic E-state index is 12.8. The summed E-state index contributed by atoms with van der Waals surface area (Å²) in [6.45, 7) is 2.55. The molecular weight excluding hydrogens is 681 g/mol. The molecule has 4 atom stereocenters. The molecule has 0 spiro atoms. The number of hydrogen-bond donors (Lipinski definition) is 3. The van der Waals surface area contributed by atoms with Gasteiger partial charge in [-0.1, -0.05) is 104 Å². The number of carbonyl (C=O) groups is 1. The number of benzene rings is 6. The topological polar surface area (TPSA) is 89.1 Å². The van der Waals surface area contributed by atoms with Crippen LogP contribution in [0, 0.1) is 5.92 Å². The Morgan fingerprint density at radius 2 is 1.38 bits per heavy atom. The third-order valence-electron chi connectivity index (χ3n) is 9.24. The van der Waals surface area contributed by atoms with Gasteiger partial charge in [-0.05, 0) is 88.5 Å². The largest absolute Gasteiger partial charge is 0.457 e. The summed E-state index contributed by atoms with van der Waals surface area (Å²) in [5, 5.41) is 15.5. The van der Waals surface area contributed by atoms with Crippen molar-refractivity contribution in [2.75, 3.05) is 11.1 Å². The zero-order chi connectivity index (χ0) is 36.4. The molecule has 3 N–H and O–H groups in total. The van der Waals surface area contributed by atoms with Crippen molar-refractivity contribution < 1.29 is 24.1 Å². The van der Waals surface area contributed by atoms with Gasteiger partial charge >= 0.3 is 6.03 Å². The van der Waals surface area contributed by atoms with Crippen LogP contribution in [0.2, 0.25) is 0 Å². The highest BCUT2D eigenvalue weighted by Gasteiger charge is 2.38. The van der Waals surface area contributed by atoms with E-state index in [1.54, 1.807) is 11.8 Å². The molecule has 0 aromatic heterocycles. The van der Waals surface area contributed by atoms with Gasteiger partial charge in [0.25, 0.3) is 0 Å². The molecule has 7 nitrogen and oxygen atoms in total. The van der Waals surface area contributed by atoms with Crippen LogP contribution in [0.3, 0.4) is 0 Å². The van der Waals surface area contributed by atoms with E-state index >= 15 is 0 Å². The summed E-state index contributed by atoms with van der Waals surface area (Å²) in [7, 11) is 0. The predicted molar refractivity (Wildman–Crippen MR) is 211 cm³/mol. The summed E-state index contributed by atoms with van der Waals surface area (Å²) in [6.07, 6.45) is -0.818. The van der Waals surface area contributed by atoms with E-state index in [2.05, 4.69) is 66.1 Å². The van der Waals surface area contributed by atoms with Gasteiger partial charge in [-0.25, -0.2) is 4.79 Å². The van der Waals surface area contributed by atoms with Gasteiger partial charge in [-0.2, -0.15) is 0 Å². The van der Waals surface area contributed by atoms with E-state index in [0.29, 0.717) is 18.0 Å². The summed E-state index contributed by atoms with van der Waals surface area (Å²) in [4.78, 5) is 14.0. The summed E-state index contributed by atoms with van der Waals surface area (Å²) in [5.41, 5.74) is 6.55. The molecule has 8 heteroatoms. The van der Waals surface area contributed by atoms with Gasteiger partial charge in [-0.3, -0.25) is 0 Å². The molecule has 268 valence electrons. The molecule has 0 saturated carbocycles. The third-order valence-corrected chi connectivity index (χ3v) is 10.3. The molecule has 1 aliphatic rings. The third kappa shape index (κ3) is 9.54. The molecule has 2 amide bonds. The van der Waals surface area contributed by atoms with E-state index in [0.717, 1.165) is 44.9 Å². The second-order valence-electron chi connectivity index (χ2n) is 13.0. The lowest BCUT2D eigenvalue weighted by atomic mass is 9.91. The average molecular weight is 723 g/mol. The monoisotopic (exact) mass is 722 g/mol. The Morgan fingerprint density at radius 3 is 2.11 bits per heavy atom. The number of aliphatic hydroxyl groups is 1. The number of nitrogens with one attached hydrogen (secondary N) is 2. The van der Waals surface area contributed by atoms with Crippen molar-refractivity contribution in [2.24, 2.45) is 5.92 Å². The maximum Gasteiger partial charge on any atom is 0.319 e. The Bertz CT molecular complexity index is 2080. The summed E-state index contributed by atoms with van der Waals surface area (Å²) in [5.74, 6) is 2.32. The molecule has 1 fully saturated rings. The molecule has 0 unspecified atom stereocenters. The average Bonchev–Trinajstić information content (AvgIpc) is 3.21. The predicted octanol–water partition coefficient (Wildman–Crippen LogP) is 10.5. The van der Waals surface area contributed by atoms with Gasteiger partial charge in [0.15, 0.2) is 6.29 Å². The minimum atomic E-state index is -0.567. The van der Waals surface area contributed by atoms with Crippen LogP contribution in [0.5, 0.6) is 11.5 Å². The van der Waals surface area contributed by atoms with Crippen LogP contribution in [-0.4, -0.2) is 23.0 Å². The molecule has 1 heterocycles. The first-order valence-corrected chi connectivity index (χ1v) is 18.7. The Kier molecular flexibility index (Phi) is 11.8. The highest BCUT2D eigenvalue weighted by atomic mass is 32.2. The van der Waals surface area contributed by atoms with Crippen LogP contribution in [-0.2, 0) is 22.6 Å². The molecule has 0 aliphatic carbocycles. The lowest BCUT2D eigenvalue weighted by molar-refractivity contribution is -0.268. The van der Waals surface area contributed by atoms with Crippen molar-refractivity contribution in [2.45, 2.75) is 43.5 Å². The Balaban J connectivity index is 1.01. The number of para-hydroxylation sites is 1. The highest BCUT2D eigenvalue weighted by molar-refractivity contribution is 7.99. The molecule has 6 aromatic carbocycles. The van der Waals surface area contributed by atoms with E-state index < -0.39 is 6.29 Å². The molecule has 7 rings (SSSR count). The standard InChI is InChI=1S/C45H42N2O5S/c1-31-42(30-53-41-16-6-3-7-17-41)51-44(52-43(31)34-20-18-32(29-48)19-21-34)37-13-9-12-36(27-37)35-11-8-10-33(26-35)28-46-45(49)47-38-22-24-40(25-23-38)50-39-14-4-2-5-15-39/h2-27,31,42-44,48H,28-30H2,1H3,(H2,46,47,49)/t31-,42+,43+,44+/m1/s1. The smallest absolute Gasteiger partial charge is 0.319 e. The van der Waals surface area contributed by atoms with Crippen LogP contribution in [0.4, 0.5) is 10.5 Å². The van der Waals surface area contributed by atoms with Gasteiger partial charge < -0.3 is 30.0 Å². The Labute approximate surface area is 315 Å². The lowest BCUT2D eigenvalue weighted by Gasteiger charge is -2.41. The van der Waals surface area contributed by atoms with Gasteiger partial charge in [0.05, 0.1) is 18.8 Å². The highest BCUT2D eigenvalue weighted by Crippen LogP contribution is 2.43. The molecule has 0 bridgehead atoms. The fourth-order valence-electron chi connectivity index (χ4n) is 6.32. The molecule has 1 aliphatic heterocycles. The number of aliphatic hydroxyl groups excluding tert-OH is 1. The van der Waals surface area contributed by atoms with Crippen LogP contribution in [0.25, 0.3) is 11.1 Å². The second kappa shape index (κ2) is 17.4. The number of thioether (sulfide) groups is 1. The van der Waals surface area contributed by atoms with Crippen LogP contribution in [0.1, 0.15) is 41.6 Å². The van der Waals surface area contributed by atoms with Crippen LogP contribution < -0.4 is 15.4 Å². The first-order valence-electron chi connectivity index (χ1n) is 17.8. The van der Waals surface area contributed by atoms with E-state index in [1.807, 2.05) is 109 Å². The minimum absolute atomic E-state index is 0.00116. The zero-order valence-electron chi connectivity index (χ0n) is 29.4. The van der Waals surface area contributed by atoms with Crippen molar-refractivity contribution in [1.82, 2.24) is 5.32 Å². The number of urea groups is 1. The quantitative estimate of drug-likeness (QED) is 0.109. The van der Waals surface area contributed by atoms with Crippen molar-refractivity contribution in [3.8, 4) is 22.6 Å². The van der Waals surface area contributed by atoms with Crippen LogP contribution in [0.15, 0.2) is 163 Å². The normalized spacial score (nSPS) is 18.2. The van der Waals surface area contributed by atoms with Crippen molar-refractivity contribution in [1.29, 1.82) is 0 Å². The first kappa shape index (κ1) is 36.0. The fourth-order valence-corrected chi connectivity index (χ4v) is 7.41. The van der Waals surface area contributed by atoms with Crippen molar-refractivity contribution in [3.63, 3.8) is 0 Å². The number of ether oxygens (including phenoxy) is 3. The Morgan fingerprint density at radius 1 is 0.698 bits per heavy atom. The first-order chi connectivity index (χ1) is 26.0. The number of anilines is 1. The molecule has 53 heavy (non-hydrogen) atoms. The molecular formula is C45H42N2O5S. The van der Waals surface area contributed by atoms with E-state index in [9.17, 15) is 9.90 Å². The SMILES string of the molecule is C[C@@H]1[C@H](CSc2ccccc2)O[C@H](c2cccc(-c3cccc(CNC(=O)Nc4ccc(Oc5ccccc5)cc4)c3)c2)O[C@@H]1c1ccc(CO)cc1. The van der Waals surface area contributed by atoms with Crippen LogP contribution >= 0.6 is 11.8 Å². The second-order valence-corrected chi connectivity index (χ2v) is 14.1. The minimum Gasteiger partial charge on any atom is -0.457 e. The van der Waals surface area contributed by atoms with E-state index in [1.165, 1.54) is 4.90 Å². The molecule has 6 aromatic rings. The lowest BCUT2D eigenvalue weighted by Crippen LogP contribution is -2.38. The van der Waals surface area contributed by atoms with Gasteiger partial charge in [-0.15, -0.1) is 11.8 Å². The number of hydrogen-bond acceptors (Lipinski definition) is 6. The number of amides is 2. The number of carbonyl (C=O) groups excluding carboxylic acids is 1. The Hall–Kier alpha value is -5.38. The van der Waals surface area contributed by atoms with Gasteiger partial charge in [0.1, 0.15) is 11.5 Å². The summed E-state index contributed by atoms with van der Waals surface area (Å²) >= 11 is 1.79. The van der Waals surface area contributed by atoms with Gasteiger partial charge in [0.2, 0.25) is 0 Å². The van der Waals surface area contributed by atoms with Gasteiger partial charge in [0, 0.05) is 34.4 Å². The maximum absolute atomic E-state index is 12.8. The fraction of sp³-hybridized carbons (Fsp3) is 0.178. The number of rotatable bonds is 12. The molecule has 0 radical (unpaired) electrons. The summed E-state index contributed by atoms with van der Waals surface area (Å²) in [6, 6.07) is 51.4. The van der Waals surface area contributed by atoms with Crippen molar-refractivity contribution >= 4 is 23.5 Å². The zero-order valence-corrected chi connectivity index (χ0v) is 30.2. The summed E-state index contributed by atoms with van der Waals surface area (Å²) < 4.78 is 19.3.